The van der Waals surface area contributed by atoms with E-state index in [4.69, 9.17) is 4.42 Å². The van der Waals surface area contributed by atoms with Crippen LogP contribution in [0.4, 0.5) is 34.1 Å². The summed E-state index contributed by atoms with van der Waals surface area (Å²) in [5.74, 6) is 0. The highest BCUT2D eigenvalue weighted by Crippen LogP contribution is 2.52. The van der Waals surface area contributed by atoms with Crippen molar-refractivity contribution in [3.05, 3.63) is 161 Å². The van der Waals surface area contributed by atoms with E-state index in [0.717, 1.165) is 34.8 Å². The van der Waals surface area contributed by atoms with E-state index in [2.05, 4.69) is 220 Å². The van der Waals surface area contributed by atoms with Gasteiger partial charge in [-0.1, -0.05) is 142 Å². The molecule has 11 rings (SSSR count). The van der Waals surface area contributed by atoms with Gasteiger partial charge in [0.1, 0.15) is 11.2 Å². The first-order valence-electron chi connectivity index (χ1n) is 23.5. The molecular formula is C60H61BN2O. The lowest BCUT2D eigenvalue weighted by atomic mass is 9.33. The van der Waals surface area contributed by atoms with E-state index in [-0.39, 0.29) is 28.4 Å². The van der Waals surface area contributed by atoms with Crippen LogP contribution in [0.1, 0.15) is 115 Å². The molecule has 2 aliphatic heterocycles. The number of fused-ring (bicyclic) bond motifs is 8. The Balaban J connectivity index is 1.29. The predicted octanol–water partition coefficient (Wildman–Crippen LogP) is 14.9. The number of nitrogens with zero attached hydrogens (tertiary/aromatic N) is 2. The van der Waals surface area contributed by atoms with Gasteiger partial charge >= 0.3 is 0 Å². The normalized spacial score (nSPS) is 16.2. The molecule has 0 atom stereocenters. The fourth-order valence-electron chi connectivity index (χ4n) is 11.3. The first kappa shape index (κ1) is 40.8. The van der Waals surface area contributed by atoms with Crippen LogP contribution in [0.3, 0.4) is 0 Å². The first-order valence-corrected chi connectivity index (χ1v) is 23.5. The molecule has 0 amide bonds. The smallest absolute Gasteiger partial charge is 0.252 e. The number of benzene rings is 7. The molecule has 0 unspecified atom stereocenters. The quantitative estimate of drug-likeness (QED) is 0.165. The van der Waals surface area contributed by atoms with Gasteiger partial charge in [0.15, 0.2) is 0 Å². The van der Waals surface area contributed by atoms with Gasteiger partial charge in [-0.15, -0.1) is 0 Å². The zero-order valence-electron chi connectivity index (χ0n) is 39.9. The lowest BCUT2D eigenvalue weighted by Gasteiger charge is -2.48. The monoisotopic (exact) mass is 836 g/mol. The number of aryl methyl sites for hydroxylation is 2. The lowest BCUT2D eigenvalue weighted by Crippen LogP contribution is -2.62. The molecule has 1 aromatic heterocycles. The molecule has 3 heterocycles. The minimum Gasteiger partial charge on any atom is -0.456 e. The maximum Gasteiger partial charge on any atom is 0.252 e. The second-order valence-electron chi connectivity index (χ2n) is 22.6. The summed E-state index contributed by atoms with van der Waals surface area (Å²) in [6.45, 7) is 28.3. The SMILES string of the molecule is Cc1cc2c3c(c1)N(c1ccc(C(C)(C)C)cc1-c1ccccc1)c1cc4c(cc1B3c1cc3c(cc1N2c1ccc(C(C)(C)C)cc1C)C(C)(C)CCC3(C)C)oc1ccccc14. The molecule has 3 nitrogen and oxygen atoms in total. The van der Waals surface area contributed by atoms with Crippen LogP contribution >= 0.6 is 0 Å². The summed E-state index contributed by atoms with van der Waals surface area (Å²) in [5, 5.41) is 2.29. The van der Waals surface area contributed by atoms with Gasteiger partial charge in [-0.2, -0.15) is 0 Å². The Bertz CT molecular complexity index is 3230. The third kappa shape index (κ3) is 6.15. The highest BCUT2D eigenvalue weighted by molar-refractivity contribution is 7.00. The third-order valence-corrected chi connectivity index (χ3v) is 15.2. The van der Waals surface area contributed by atoms with E-state index < -0.39 is 0 Å². The molecule has 1 aliphatic carbocycles. The molecule has 0 saturated heterocycles. The van der Waals surface area contributed by atoms with Crippen LogP contribution in [0.2, 0.25) is 0 Å². The van der Waals surface area contributed by atoms with Crippen molar-refractivity contribution in [1.29, 1.82) is 0 Å². The van der Waals surface area contributed by atoms with Crippen molar-refractivity contribution in [2.75, 3.05) is 9.80 Å². The van der Waals surface area contributed by atoms with Gasteiger partial charge in [-0.3, -0.25) is 0 Å². The summed E-state index contributed by atoms with van der Waals surface area (Å²) in [4.78, 5) is 5.25. The number of anilines is 6. The van der Waals surface area contributed by atoms with Crippen LogP contribution in [0.15, 0.2) is 132 Å². The summed E-state index contributed by atoms with van der Waals surface area (Å²) in [6, 6.07) is 49.0. The van der Waals surface area contributed by atoms with Gasteiger partial charge in [0.25, 0.3) is 6.71 Å². The largest absolute Gasteiger partial charge is 0.456 e. The Morgan fingerprint density at radius 1 is 0.500 bits per heavy atom. The highest BCUT2D eigenvalue weighted by Gasteiger charge is 2.47. The number of hydrogen-bond acceptors (Lipinski definition) is 3. The van der Waals surface area contributed by atoms with Gasteiger partial charge in [0.2, 0.25) is 0 Å². The van der Waals surface area contributed by atoms with E-state index in [9.17, 15) is 0 Å². The number of rotatable bonds is 3. The molecule has 3 aliphatic rings. The van der Waals surface area contributed by atoms with Gasteiger partial charge in [0, 0.05) is 44.8 Å². The Labute approximate surface area is 381 Å². The van der Waals surface area contributed by atoms with E-state index >= 15 is 0 Å². The second kappa shape index (κ2) is 13.8. The van der Waals surface area contributed by atoms with E-state index in [0.29, 0.717) is 0 Å². The molecule has 0 radical (unpaired) electrons. The predicted molar refractivity (Wildman–Crippen MR) is 275 cm³/mol. The molecule has 4 heteroatoms. The molecule has 0 N–H and O–H groups in total. The standard InChI is InChI=1S/C60H61BN2O/c1-36-28-52-56-53(29-36)63(49-25-23-40(58(6,7)8)31-42(49)38-18-14-13-15-19-38)50-32-43-41-20-16-17-21-54(41)64-55(43)35-47(50)61(56)46-33-44-45(60(11,12)27-26-59(44,9)10)34-51(46)62(52)48-24-22-39(30-37(48)2)57(3,4)5/h13-25,28-35H,26-27H2,1-12H3. The zero-order chi connectivity index (χ0) is 44.8. The number of hydrogen-bond donors (Lipinski definition) is 0. The van der Waals surface area contributed by atoms with Crippen molar-refractivity contribution >= 4 is 79.2 Å². The minimum atomic E-state index is -0.0324. The van der Waals surface area contributed by atoms with Crippen molar-refractivity contribution < 1.29 is 4.42 Å². The van der Waals surface area contributed by atoms with Crippen molar-refractivity contribution in [3.8, 4) is 11.1 Å². The van der Waals surface area contributed by atoms with Crippen LogP contribution in [-0.2, 0) is 21.7 Å². The topological polar surface area (TPSA) is 19.6 Å². The summed E-state index contributed by atoms with van der Waals surface area (Å²) in [7, 11) is 0. The lowest BCUT2D eigenvalue weighted by molar-refractivity contribution is 0.332. The minimum absolute atomic E-state index is 0.0244. The molecular weight excluding hydrogens is 775 g/mol. The summed E-state index contributed by atoms with van der Waals surface area (Å²) in [5.41, 5.74) is 23.9. The fraction of sp³-hybridized carbons (Fsp3) is 0.300. The number of furan rings is 1. The Morgan fingerprint density at radius 3 is 1.72 bits per heavy atom. The van der Waals surface area contributed by atoms with Crippen LogP contribution < -0.4 is 26.2 Å². The first-order chi connectivity index (χ1) is 30.3. The van der Waals surface area contributed by atoms with Gasteiger partial charge in [-0.25, -0.2) is 0 Å². The average Bonchev–Trinajstić information content (AvgIpc) is 3.61. The molecule has 0 bridgehead atoms. The van der Waals surface area contributed by atoms with Crippen LogP contribution in [-0.4, -0.2) is 6.71 Å². The fourth-order valence-corrected chi connectivity index (χ4v) is 11.3. The molecule has 8 aromatic rings. The Morgan fingerprint density at radius 2 is 1.06 bits per heavy atom. The second-order valence-corrected chi connectivity index (χ2v) is 22.6. The molecule has 0 fully saturated rings. The van der Waals surface area contributed by atoms with Crippen molar-refractivity contribution in [1.82, 2.24) is 0 Å². The summed E-state index contributed by atoms with van der Waals surface area (Å²) < 4.78 is 6.81. The van der Waals surface area contributed by atoms with E-state index in [1.807, 2.05) is 0 Å². The van der Waals surface area contributed by atoms with Gasteiger partial charge in [0.05, 0.1) is 5.69 Å². The average molecular weight is 837 g/mol. The van der Waals surface area contributed by atoms with Gasteiger partial charge in [-0.05, 0) is 158 Å². The summed E-state index contributed by atoms with van der Waals surface area (Å²) >= 11 is 0. The van der Waals surface area contributed by atoms with Crippen LogP contribution in [0.25, 0.3) is 33.1 Å². The van der Waals surface area contributed by atoms with Crippen LogP contribution in [0, 0.1) is 13.8 Å². The molecule has 0 spiro atoms. The highest BCUT2D eigenvalue weighted by atomic mass is 16.3. The number of para-hydroxylation sites is 1. The van der Waals surface area contributed by atoms with Crippen molar-refractivity contribution in [3.63, 3.8) is 0 Å². The molecule has 7 aromatic carbocycles. The van der Waals surface area contributed by atoms with Crippen molar-refractivity contribution in [2.24, 2.45) is 0 Å². The van der Waals surface area contributed by atoms with Crippen LogP contribution in [0.5, 0.6) is 0 Å². The van der Waals surface area contributed by atoms with E-state index in [1.165, 1.54) is 95.0 Å². The third-order valence-electron chi connectivity index (χ3n) is 15.2. The molecule has 0 saturated carbocycles. The zero-order valence-corrected chi connectivity index (χ0v) is 39.9. The van der Waals surface area contributed by atoms with Crippen molar-refractivity contribution in [2.45, 2.75) is 118 Å². The maximum absolute atomic E-state index is 6.81. The summed E-state index contributed by atoms with van der Waals surface area (Å²) in [6.07, 6.45) is 2.32. The Hall–Kier alpha value is -6.00. The maximum atomic E-state index is 6.81. The molecule has 64 heavy (non-hydrogen) atoms. The van der Waals surface area contributed by atoms with Gasteiger partial charge < -0.3 is 14.2 Å². The molecule has 320 valence electrons. The Kier molecular flexibility index (Phi) is 8.76. The van der Waals surface area contributed by atoms with E-state index in [1.54, 1.807) is 0 Å².